The van der Waals surface area contributed by atoms with E-state index in [0.29, 0.717) is 32.7 Å². The average molecular weight is 422 g/mol. The van der Waals surface area contributed by atoms with Gasteiger partial charge in [-0.25, -0.2) is 4.98 Å². The van der Waals surface area contributed by atoms with Gasteiger partial charge in [0, 0.05) is 37.0 Å². The highest BCUT2D eigenvalue weighted by Gasteiger charge is 2.18. The van der Waals surface area contributed by atoms with Crippen molar-refractivity contribution < 1.29 is 14.5 Å². The van der Waals surface area contributed by atoms with Crippen LogP contribution in [0.1, 0.15) is 5.56 Å². The second-order valence-corrected chi connectivity index (χ2v) is 8.17. The van der Waals surface area contributed by atoms with Crippen LogP contribution in [0.5, 0.6) is 0 Å². The van der Waals surface area contributed by atoms with E-state index in [0.717, 1.165) is 32.0 Å². The summed E-state index contributed by atoms with van der Waals surface area (Å²) in [5.41, 5.74) is 3.60. The van der Waals surface area contributed by atoms with Gasteiger partial charge in [0.15, 0.2) is 4.96 Å². The van der Waals surface area contributed by atoms with E-state index in [2.05, 4.69) is 4.98 Å². The van der Waals surface area contributed by atoms with Gasteiger partial charge in [-0.1, -0.05) is 17.4 Å². The number of thiazole rings is 1. The fourth-order valence-corrected chi connectivity index (χ4v) is 4.63. The van der Waals surface area contributed by atoms with Crippen molar-refractivity contribution in [2.75, 3.05) is 26.3 Å². The fourth-order valence-electron chi connectivity index (χ4n) is 3.65. The predicted octanol–water partition coefficient (Wildman–Crippen LogP) is 3.53. The number of non-ortho nitro benzene ring substituents is 1. The zero-order valence-electron chi connectivity index (χ0n) is 16.0. The summed E-state index contributed by atoms with van der Waals surface area (Å²) in [7, 11) is 0. The molecule has 4 aromatic rings. The third-order valence-electron chi connectivity index (χ3n) is 5.25. The Morgan fingerprint density at radius 1 is 1.17 bits per heavy atom. The Bertz CT molecular complexity index is 1260. The van der Waals surface area contributed by atoms with E-state index in [9.17, 15) is 14.9 Å². The van der Waals surface area contributed by atoms with Gasteiger partial charge in [0.2, 0.25) is 5.91 Å². The molecule has 0 atom stereocenters. The van der Waals surface area contributed by atoms with Crippen LogP contribution in [-0.2, 0) is 16.0 Å². The van der Waals surface area contributed by atoms with E-state index in [1.54, 1.807) is 23.5 Å². The van der Waals surface area contributed by atoms with E-state index in [4.69, 9.17) is 4.74 Å². The first-order valence-corrected chi connectivity index (χ1v) is 10.4. The molecule has 1 aliphatic heterocycles. The molecule has 1 aliphatic rings. The molecule has 2 aromatic carbocycles. The first-order chi connectivity index (χ1) is 14.6. The van der Waals surface area contributed by atoms with Gasteiger partial charge in [0.25, 0.3) is 5.69 Å². The maximum Gasteiger partial charge on any atom is 0.269 e. The number of amides is 1. The normalized spacial score (nSPS) is 14.5. The molecule has 0 spiro atoms. The number of aromatic nitrogens is 2. The standard InChI is InChI=1S/C21H18N4O4S/c26-20(23-7-9-29-10-8-23)12-14-1-6-19-18(11-14)24-13-17(22-21(24)30-19)15-2-4-16(5-3-15)25(27)28/h1-6,11,13H,7-10,12H2. The first-order valence-electron chi connectivity index (χ1n) is 9.59. The number of nitro benzene ring substituents is 1. The summed E-state index contributed by atoms with van der Waals surface area (Å²) in [6.45, 7) is 2.47. The highest BCUT2D eigenvalue weighted by molar-refractivity contribution is 7.23. The summed E-state index contributed by atoms with van der Waals surface area (Å²) in [6, 6.07) is 12.4. The third kappa shape index (κ3) is 3.42. The maximum absolute atomic E-state index is 12.6. The molecule has 8 nitrogen and oxygen atoms in total. The molecule has 0 radical (unpaired) electrons. The maximum atomic E-state index is 12.6. The summed E-state index contributed by atoms with van der Waals surface area (Å²) in [6.07, 6.45) is 2.29. The highest BCUT2D eigenvalue weighted by Crippen LogP contribution is 2.30. The quantitative estimate of drug-likeness (QED) is 0.371. The second-order valence-electron chi connectivity index (χ2n) is 7.16. The van der Waals surface area contributed by atoms with Crippen molar-refractivity contribution in [2.45, 2.75) is 6.42 Å². The van der Waals surface area contributed by atoms with Gasteiger partial charge in [-0.2, -0.15) is 0 Å². The second kappa shape index (κ2) is 7.51. The summed E-state index contributed by atoms with van der Waals surface area (Å²) < 4.78 is 8.42. The van der Waals surface area contributed by atoms with E-state index >= 15 is 0 Å². The van der Waals surface area contributed by atoms with E-state index in [1.807, 2.05) is 33.7 Å². The minimum atomic E-state index is -0.414. The third-order valence-corrected chi connectivity index (χ3v) is 6.29. The lowest BCUT2D eigenvalue weighted by molar-refractivity contribution is -0.384. The average Bonchev–Trinajstić information content (AvgIpc) is 3.33. The Hall–Kier alpha value is -3.30. The Balaban J connectivity index is 1.44. The number of carbonyl (C=O) groups is 1. The van der Waals surface area contributed by atoms with Crippen LogP contribution in [0.4, 0.5) is 5.69 Å². The number of hydrogen-bond donors (Lipinski definition) is 0. The molecule has 2 aromatic heterocycles. The van der Waals surface area contributed by atoms with E-state index < -0.39 is 4.92 Å². The minimum absolute atomic E-state index is 0.0554. The van der Waals surface area contributed by atoms with Gasteiger partial charge in [-0.3, -0.25) is 19.3 Å². The van der Waals surface area contributed by atoms with Gasteiger partial charge in [-0.05, 0) is 29.8 Å². The number of ether oxygens (including phenoxy) is 1. The lowest BCUT2D eigenvalue weighted by atomic mass is 10.1. The molecule has 3 heterocycles. The molecule has 0 saturated carbocycles. The van der Waals surface area contributed by atoms with Gasteiger partial charge in [0.05, 0.1) is 40.5 Å². The van der Waals surface area contributed by atoms with Gasteiger partial charge >= 0.3 is 0 Å². The van der Waals surface area contributed by atoms with Crippen molar-refractivity contribution in [1.82, 2.24) is 14.3 Å². The van der Waals surface area contributed by atoms with Gasteiger partial charge in [0.1, 0.15) is 0 Å². The Kier molecular flexibility index (Phi) is 4.68. The van der Waals surface area contributed by atoms with Crippen molar-refractivity contribution >= 4 is 38.1 Å². The van der Waals surface area contributed by atoms with Crippen LogP contribution < -0.4 is 0 Å². The number of nitro groups is 1. The lowest BCUT2D eigenvalue weighted by Gasteiger charge is -2.26. The molecule has 30 heavy (non-hydrogen) atoms. The van der Waals surface area contributed by atoms with Crippen LogP contribution in [0.15, 0.2) is 48.7 Å². The largest absolute Gasteiger partial charge is 0.378 e. The number of morpholine rings is 1. The first kappa shape index (κ1) is 18.7. The number of nitrogens with zero attached hydrogens (tertiary/aromatic N) is 4. The van der Waals surface area contributed by atoms with Crippen molar-refractivity contribution in [3.8, 4) is 11.3 Å². The van der Waals surface area contributed by atoms with Crippen molar-refractivity contribution in [3.63, 3.8) is 0 Å². The molecule has 0 aliphatic carbocycles. The summed E-state index contributed by atoms with van der Waals surface area (Å²) >= 11 is 1.57. The minimum Gasteiger partial charge on any atom is -0.378 e. The Morgan fingerprint density at radius 3 is 2.67 bits per heavy atom. The Labute approximate surface area is 175 Å². The van der Waals surface area contributed by atoms with Crippen LogP contribution in [-0.4, -0.2) is 51.4 Å². The SMILES string of the molecule is O=C(Cc1ccc2sc3nc(-c4ccc([N+](=O)[O-])cc4)cn3c2c1)N1CCOCC1. The van der Waals surface area contributed by atoms with E-state index in [1.165, 1.54) is 12.1 Å². The summed E-state index contributed by atoms with van der Waals surface area (Å²) in [5.74, 6) is 0.112. The number of benzene rings is 2. The molecule has 9 heteroatoms. The predicted molar refractivity (Wildman–Crippen MR) is 114 cm³/mol. The summed E-state index contributed by atoms with van der Waals surface area (Å²) in [4.78, 5) is 30.4. The topological polar surface area (TPSA) is 90.0 Å². The van der Waals surface area contributed by atoms with Crippen LogP contribution in [0.25, 0.3) is 26.4 Å². The molecule has 152 valence electrons. The number of fused-ring (bicyclic) bond motifs is 3. The summed E-state index contributed by atoms with van der Waals surface area (Å²) in [5, 5.41) is 10.9. The van der Waals surface area contributed by atoms with E-state index in [-0.39, 0.29) is 11.6 Å². The monoisotopic (exact) mass is 422 g/mol. The fraction of sp³-hybridized carbons (Fsp3) is 0.238. The molecular formula is C21H18N4O4S. The molecule has 1 saturated heterocycles. The number of carbonyl (C=O) groups excluding carboxylic acids is 1. The molecule has 0 N–H and O–H groups in total. The zero-order chi connectivity index (χ0) is 20.7. The van der Waals surface area contributed by atoms with Gasteiger partial charge in [-0.15, -0.1) is 0 Å². The number of rotatable bonds is 4. The molecule has 5 rings (SSSR count). The van der Waals surface area contributed by atoms with Crippen LogP contribution in [0.3, 0.4) is 0 Å². The van der Waals surface area contributed by atoms with Crippen LogP contribution in [0, 0.1) is 10.1 Å². The molecule has 0 unspecified atom stereocenters. The van der Waals surface area contributed by atoms with Crippen molar-refractivity contribution in [2.24, 2.45) is 0 Å². The Morgan fingerprint density at radius 2 is 1.93 bits per heavy atom. The lowest BCUT2D eigenvalue weighted by Crippen LogP contribution is -2.41. The van der Waals surface area contributed by atoms with Crippen molar-refractivity contribution in [3.05, 3.63) is 64.3 Å². The van der Waals surface area contributed by atoms with Crippen molar-refractivity contribution in [1.29, 1.82) is 0 Å². The number of imidazole rings is 1. The molecule has 0 bridgehead atoms. The smallest absolute Gasteiger partial charge is 0.269 e. The highest BCUT2D eigenvalue weighted by atomic mass is 32.1. The van der Waals surface area contributed by atoms with Gasteiger partial charge < -0.3 is 9.64 Å². The zero-order valence-corrected chi connectivity index (χ0v) is 16.8. The molecule has 1 amide bonds. The molecular weight excluding hydrogens is 404 g/mol. The van der Waals surface area contributed by atoms with Crippen LogP contribution >= 0.6 is 11.3 Å². The van der Waals surface area contributed by atoms with Crippen LogP contribution in [0.2, 0.25) is 0 Å². The number of hydrogen-bond acceptors (Lipinski definition) is 6. The molecule has 1 fully saturated rings.